The molecule has 1 aromatic rings. The summed E-state index contributed by atoms with van der Waals surface area (Å²) in [4.78, 5) is 15.3. The molecule has 3 aliphatic rings. The van der Waals surface area contributed by atoms with Crippen LogP contribution >= 0.6 is 0 Å². The number of nitrogens with one attached hydrogen (secondary N) is 1. The monoisotopic (exact) mass is 328 g/mol. The molecule has 24 heavy (non-hydrogen) atoms. The zero-order chi connectivity index (χ0) is 16.4. The van der Waals surface area contributed by atoms with Gasteiger partial charge in [-0.2, -0.15) is 0 Å². The van der Waals surface area contributed by atoms with Crippen LogP contribution in [0, 0.1) is 11.3 Å². The van der Waals surface area contributed by atoms with E-state index in [0.717, 1.165) is 58.3 Å². The van der Waals surface area contributed by atoms with Crippen molar-refractivity contribution < 1.29 is 9.53 Å². The molecule has 1 N–H and O–H groups in total. The lowest BCUT2D eigenvalue weighted by Crippen LogP contribution is -2.40. The molecule has 2 heterocycles. The number of rotatable bonds is 5. The van der Waals surface area contributed by atoms with E-state index in [0.29, 0.717) is 17.9 Å². The minimum absolute atomic E-state index is 0.223. The Morgan fingerprint density at radius 2 is 2.04 bits per heavy atom. The molecule has 3 fully saturated rings. The summed E-state index contributed by atoms with van der Waals surface area (Å²) < 4.78 is 5.80. The highest BCUT2D eigenvalue weighted by Crippen LogP contribution is 2.59. The van der Waals surface area contributed by atoms with Crippen LogP contribution in [-0.2, 0) is 16.1 Å². The van der Waals surface area contributed by atoms with Gasteiger partial charge in [0.05, 0.1) is 6.10 Å². The van der Waals surface area contributed by atoms with Crippen LogP contribution < -0.4 is 5.32 Å². The number of piperidine rings is 1. The van der Waals surface area contributed by atoms with Crippen molar-refractivity contribution in [1.82, 2.24) is 10.2 Å². The van der Waals surface area contributed by atoms with Crippen LogP contribution in [0.15, 0.2) is 30.3 Å². The summed E-state index contributed by atoms with van der Waals surface area (Å²) in [6.07, 6.45) is 5.82. The average Bonchev–Trinajstić information content (AvgIpc) is 3.05. The highest BCUT2D eigenvalue weighted by molar-refractivity contribution is 5.82. The van der Waals surface area contributed by atoms with Gasteiger partial charge in [0, 0.05) is 25.6 Å². The first kappa shape index (κ1) is 16.1. The summed E-state index contributed by atoms with van der Waals surface area (Å²) in [5, 5.41) is 3.42. The van der Waals surface area contributed by atoms with Crippen molar-refractivity contribution >= 4 is 5.91 Å². The number of nitrogens with zero attached hydrogens (tertiary/aromatic N) is 1. The third-order valence-electron chi connectivity index (χ3n) is 6.06. The van der Waals surface area contributed by atoms with Gasteiger partial charge in [0.2, 0.25) is 5.91 Å². The van der Waals surface area contributed by atoms with E-state index in [1.54, 1.807) is 0 Å². The van der Waals surface area contributed by atoms with Gasteiger partial charge in [0.1, 0.15) is 0 Å². The molecule has 1 aliphatic carbocycles. The van der Waals surface area contributed by atoms with Gasteiger partial charge in [0.25, 0.3) is 0 Å². The second-order valence-electron chi connectivity index (χ2n) is 7.71. The predicted octanol–water partition coefficient (Wildman–Crippen LogP) is 2.58. The number of ether oxygens (including phenoxy) is 1. The molecule has 2 aliphatic heterocycles. The number of hydrogen-bond donors (Lipinski definition) is 1. The van der Waals surface area contributed by atoms with Crippen LogP contribution in [0.3, 0.4) is 0 Å². The van der Waals surface area contributed by atoms with Crippen LogP contribution in [0.2, 0.25) is 0 Å². The average molecular weight is 328 g/mol. The van der Waals surface area contributed by atoms with E-state index in [-0.39, 0.29) is 12.0 Å². The Kier molecular flexibility index (Phi) is 4.59. The lowest BCUT2D eigenvalue weighted by Gasteiger charge is -2.28. The fourth-order valence-electron chi connectivity index (χ4n) is 4.46. The molecule has 2 saturated heterocycles. The van der Waals surface area contributed by atoms with Gasteiger partial charge < -0.3 is 15.0 Å². The molecule has 0 bridgehead atoms. The molecule has 0 radical (unpaired) electrons. The number of amides is 1. The molecule has 1 spiro atoms. The van der Waals surface area contributed by atoms with Crippen LogP contribution in [0.4, 0.5) is 0 Å². The zero-order valence-corrected chi connectivity index (χ0v) is 14.4. The van der Waals surface area contributed by atoms with Gasteiger partial charge in [-0.1, -0.05) is 30.3 Å². The third-order valence-corrected chi connectivity index (χ3v) is 6.06. The fourth-order valence-corrected chi connectivity index (χ4v) is 4.46. The predicted molar refractivity (Wildman–Crippen MR) is 93.5 cm³/mol. The molecule has 2 atom stereocenters. The molecular weight excluding hydrogens is 300 g/mol. The third kappa shape index (κ3) is 3.35. The maximum atomic E-state index is 13.2. The highest BCUT2D eigenvalue weighted by atomic mass is 16.5. The van der Waals surface area contributed by atoms with E-state index in [1.807, 2.05) is 6.07 Å². The molecule has 1 saturated carbocycles. The topological polar surface area (TPSA) is 41.6 Å². The van der Waals surface area contributed by atoms with Crippen molar-refractivity contribution in [3.8, 4) is 0 Å². The Bertz CT molecular complexity index is 562. The minimum atomic E-state index is 0.223. The molecule has 1 amide bonds. The first-order valence-electron chi connectivity index (χ1n) is 9.42. The largest absolute Gasteiger partial charge is 0.376 e. The van der Waals surface area contributed by atoms with Gasteiger partial charge in [-0.05, 0) is 56.2 Å². The maximum absolute atomic E-state index is 13.2. The molecule has 0 aromatic heterocycles. The summed E-state index contributed by atoms with van der Waals surface area (Å²) in [5.74, 6) is 0.598. The Balaban J connectivity index is 1.45. The molecule has 4 nitrogen and oxygen atoms in total. The normalized spacial score (nSPS) is 28.0. The lowest BCUT2D eigenvalue weighted by molar-refractivity contribution is -0.136. The van der Waals surface area contributed by atoms with Gasteiger partial charge in [-0.25, -0.2) is 0 Å². The maximum Gasteiger partial charge on any atom is 0.226 e. The fraction of sp³-hybridized carbons (Fsp3) is 0.650. The minimum Gasteiger partial charge on any atom is -0.376 e. The molecule has 4 rings (SSSR count). The smallest absolute Gasteiger partial charge is 0.226 e. The van der Waals surface area contributed by atoms with Crippen LogP contribution in [0.25, 0.3) is 0 Å². The molecular formula is C20H28N2O2. The highest BCUT2D eigenvalue weighted by Gasteiger charge is 2.58. The Labute approximate surface area is 144 Å². The lowest BCUT2D eigenvalue weighted by atomic mass is 9.91. The van der Waals surface area contributed by atoms with Crippen molar-refractivity contribution in [3.63, 3.8) is 0 Å². The van der Waals surface area contributed by atoms with Gasteiger partial charge >= 0.3 is 0 Å². The summed E-state index contributed by atoms with van der Waals surface area (Å²) in [7, 11) is 0. The van der Waals surface area contributed by atoms with Gasteiger partial charge in [-0.15, -0.1) is 0 Å². The molecule has 4 heteroatoms. The summed E-state index contributed by atoms with van der Waals surface area (Å²) in [6.45, 7) is 4.43. The standard InChI is InChI=1S/C20H28N2O2/c23-19(18-13-20(18)8-10-21-11-9-20)22(15-17-7-4-12-24-17)14-16-5-2-1-3-6-16/h1-3,5-6,17-18,21H,4,7-15H2. The summed E-state index contributed by atoms with van der Waals surface area (Å²) >= 11 is 0. The quantitative estimate of drug-likeness (QED) is 0.903. The van der Waals surface area contributed by atoms with E-state index in [4.69, 9.17) is 4.74 Å². The van der Waals surface area contributed by atoms with E-state index < -0.39 is 0 Å². The number of hydrogen-bond acceptors (Lipinski definition) is 3. The summed E-state index contributed by atoms with van der Waals surface area (Å²) in [6, 6.07) is 10.4. The van der Waals surface area contributed by atoms with Crippen LogP contribution in [-0.4, -0.2) is 43.2 Å². The van der Waals surface area contributed by atoms with Crippen molar-refractivity contribution in [1.29, 1.82) is 0 Å². The summed E-state index contributed by atoms with van der Waals surface area (Å²) in [5.41, 5.74) is 1.51. The SMILES string of the molecule is O=C(C1CC12CCNCC2)N(Cc1ccccc1)CC1CCCO1. The van der Waals surface area contributed by atoms with E-state index in [1.165, 1.54) is 5.56 Å². The van der Waals surface area contributed by atoms with Gasteiger partial charge in [-0.3, -0.25) is 4.79 Å². The molecule has 2 unspecified atom stereocenters. The number of benzene rings is 1. The van der Waals surface area contributed by atoms with Crippen LogP contribution in [0.5, 0.6) is 0 Å². The van der Waals surface area contributed by atoms with Crippen LogP contribution in [0.1, 0.15) is 37.7 Å². The second kappa shape index (κ2) is 6.85. The number of carbonyl (C=O) groups is 1. The Morgan fingerprint density at radius 3 is 2.75 bits per heavy atom. The first-order valence-corrected chi connectivity index (χ1v) is 9.42. The van der Waals surface area contributed by atoms with Crippen molar-refractivity contribution in [3.05, 3.63) is 35.9 Å². The Morgan fingerprint density at radius 1 is 1.25 bits per heavy atom. The van der Waals surface area contributed by atoms with Crippen molar-refractivity contribution in [2.45, 2.75) is 44.8 Å². The van der Waals surface area contributed by atoms with Crippen molar-refractivity contribution in [2.75, 3.05) is 26.2 Å². The second-order valence-corrected chi connectivity index (χ2v) is 7.71. The Hall–Kier alpha value is -1.39. The molecule has 130 valence electrons. The van der Waals surface area contributed by atoms with E-state index in [2.05, 4.69) is 34.5 Å². The number of carbonyl (C=O) groups excluding carboxylic acids is 1. The zero-order valence-electron chi connectivity index (χ0n) is 14.4. The van der Waals surface area contributed by atoms with E-state index >= 15 is 0 Å². The van der Waals surface area contributed by atoms with E-state index in [9.17, 15) is 4.79 Å². The van der Waals surface area contributed by atoms with Crippen molar-refractivity contribution in [2.24, 2.45) is 11.3 Å². The first-order chi connectivity index (χ1) is 11.8. The van der Waals surface area contributed by atoms with Gasteiger partial charge in [0.15, 0.2) is 0 Å². The molecule has 1 aromatic carbocycles.